The zero-order valence-electron chi connectivity index (χ0n) is 9.05. The number of nitrogens with one attached hydrogen (secondary N) is 1. The maximum Gasteiger partial charge on any atom is 0.252 e. The minimum atomic E-state index is 0.0275. The van der Waals surface area contributed by atoms with Gasteiger partial charge < -0.3 is 10.1 Å². The second kappa shape index (κ2) is 3.80. The van der Waals surface area contributed by atoms with Gasteiger partial charge in [-0.15, -0.1) is 0 Å². The average Bonchev–Trinajstić information content (AvgIpc) is 2.77. The van der Waals surface area contributed by atoms with E-state index in [0.29, 0.717) is 5.78 Å². The molecule has 0 amide bonds. The van der Waals surface area contributed by atoms with E-state index in [4.69, 9.17) is 4.74 Å². The fraction of sp³-hybridized carbons (Fsp3) is 0.500. The van der Waals surface area contributed by atoms with Gasteiger partial charge in [0, 0.05) is 18.8 Å². The number of nitrogens with zero attached hydrogens (tertiary/aromatic N) is 4. The van der Waals surface area contributed by atoms with Gasteiger partial charge in [0.1, 0.15) is 12.4 Å². The molecule has 0 saturated carbocycles. The fourth-order valence-electron chi connectivity index (χ4n) is 1.94. The van der Waals surface area contributed by atoms with Crippen molar-refractivity contribution < 1.29 is 4.74 Å². The Bertz CT molecular complexity index is 503. The van der Waals surface area contributed by atoms with Gasteiger partial charge in [0.05, 0.1) is 12.3 Å². The van der Waals surface area contributed by atoms with E-state index in [-0.39, 0.29) is 6.10 Å². The molecule has 3 rings (SSSR count). The molecule has 1 unspecified atom stereocenters. The third-order valence-corrected chi connectivity index (χ3v) is 2.66. The van der Waals surface area contributed by atoms with Gasteiger partial charge in [-0.3, -0.25) is 0 Å². The molecule has 6 nitrogen and oxygen atoms in total. The van der Waals surface area contributed by atoms with Crippen molar-refractivity contribution in [1.29, 1.82) is 0 Å². The molecule has 1 N–H and O–H groups in total. The Labute approximate surface area is 92.7 Å². The summed E-state index contributed by atoms with van der Waals surface area (Å²) in [5.41, 5.74) is 1.94. The Morgan fingerprint density at radius 1 is 1.56 bits per heavy atom. The molecule has 84 valence electrons. The third kappa shape index (κ3) is 1.56. The second-order valence-corrected chi connectivity index (χ2v) is 3.86. The first-order valence-corrected chi connectivity index (χ1v) is 5.34. The maximum atomic E-state index is 5.72. The highest BCUT2D eigenvalue weighted by molar-refractivity contribution is 5.30. The Hall–Kier alpha value is -1.53. The molecule has 6 heteroatoms. The van der Waals surface area contributed by atoms with Crippen LogP contribution in [-0.4, -0.2) is 39.3 Å². The van der Waals surface area contributed by atoms with Gasteiger partial charge in [-0.05, 0) is 13.0 Å². The molecule has 0 spiro atoms. The first-order valence-electron chi connectivity index (χ1n) is 5.34. The number of aryl methyl sites for hydroxylation is 1. The minimum Gasteiger partial charge on any atom is -0.369 e. The minimum absolute atomic E-state index is 0.0275. The summed E-state index contributed by atoms with van der Waals surface area (Å²) in [6.45, 7) is 4.39. The first-order chi connectivity index (χ1) is 7.84. The van der Waals surface area contributed by atoms with Crippen LogP contribution in [0.5, 0.6) is 0 Å². The molecule has 3 heterocycles. The predicted octanol–water partition coefficient (Wildman–Crippen LogP) is 0.0936. The van der Waals surface area contributed by atoms with E-state index in [0.717, 1.165) is 31.1 Å². The molecule has 2 aromatic rings. The van der Waals surface area contributed by atoms with E-state index < -0.39 is 0 Å². The molecule has 1 atom stereocenters. The Morgan fingerprint density at radius 2 is 2.50 bits per heavy atom. The fourth-order valence-corrected chi connectivity index (χ4v) is 1.94. The summed E-state index contributed by atoms with van der Waals surface area (Å²) < 4.78 is 7.46. The van der Waals surface area contributed by atoms with Crippen LogP contribution in [0.15, 0.2) is 12.4 Å². The molecule has 1 aliphatic heterocycles. The van der Waals surface area contributed by atoms with Crippen LogP contribution in [0.3, 0.4) is 0 Å². The summed E-state index contributed by atoms with van der Waals surface area (Å²) in [4.78, 5) is 8.40. The van der Waals surface area contributed by atoms with Gasteiger partial charge in [-0.25, -0.2) is 4.98 Å². The monoisotopic (exact) mass is 219 g/mol. The summed E-state index contributed by atoms with van der Waals surface area (Å²) in [6.07, 6.45) is 1.54. The summed E-state index contributed by atoms with van der Waals surface area (Å²) in [7, 11) is 0. The largest absolute Gasteiger partial charge is 0.369 e. The SMILES string of the molecule is Cc1cc(C2CNCCO2)n2ncnc2n1. The van der Waals surface area contributed by atoms with Crippen molar-refractivity contribution in [1.82, 2.24) is 24.9 Å². The van der Waals surface area contributed by atoms with E-state index in [2.05, 4.69) is 20.4 Å². The zero-order valence-corrected chi connectivity index (χ0v) is 9.05. The molecule has 1 fully saturated rings. The molecule has 1 saturated heterocycles. The van der Waals surface area contributed by atoms with E-state index >= 15 is 0 Å². The van der Waals surface area contributed by atoms with Crippen LogP contribution in [-0.2, 0) is 4.74 Å². The smallest absolute Gasteiger partial charge is 0.252 e. The van der Waals surface area contributed by atoms with E-state index in [1.54, 1.807) is 4.52 Å². The van der Waals surface area contributed by atoms with Crippen molar-refractivity contribution in [3.63, 3.8) is 0 Å². The Kier molecular flexibility index (Phi) is 2.30. The van der Waals surface area contributed by atoms with E-state index in [1.165, 1.54) is 6.33 Å². The number of morpholine rings is 1. The molecule has 0 aliphatic carbocycles. The second-order valence-electron chi connectivity index (χ2n) is 3.86. The number of fused-ring (bicyclic) bond motifs is 1. The normalized spacial score (nSPS) is 21.4. The van der Waals surface area contributed by atoms with Gasteiger partial charge in [0.15, 0.2) is 0 Å². The van der Waals surface area contributed by atoms with Crippen molar-refractivity contribution in [2.24, 2.45) is 0 Å². The summed E-state index contributed by atoms with van der Waals surface area (Å²) in [6, 6.07) is 2.00. The first kappa shape index (κ1) is 9.68. The number of rotatable bonds is 1. The summed E-state index contributed by atoms with van der Waals surface area (Å²) in [5, 5.41) is 7.47. The Morgan fingerprint density at radius 3 is 3.31 bits per heavy atom. The highest BCUT2D eigenvalue weighted by Crippen LogP contribution is 2.19. The molecule has 0 bridgehead atoms. The molecule has 16 heavy (non-hydrogen) atoms. The lowest BCUT2D eigenvalue weighted by Gasteiger charge is -2.24. The topological polar surface area (TPSA) is 64.3 Å². The highest BCUT2D eigenvalue weighted by atomic mass is 16.5. The number of hydrogen-bond donors (Lipinski definition) is 1. The van der Waals surface area contributed by atoms with Gasteiger partial charge in [0.2, 0.25) is 0 Å². The number of ether oxygens (including phenoxy) is 1. The Balaban J connectivity index is 2.09. The lowest BCUT2D eigenvalue weighted by molar-refractivity contribution is 0.0236. The molecular formula is C10H13N5O. The zero-order chi connectivity index (χ0) is 11.0. The molecular weight excluding hydrogens is 206 g/mol. The quantitative estimate of drug-likeness (QED) is 0.736. The van der Waals surface area contributed by atoms with Crippen LogP contribution in [0.25, 0.3) is 5.78 Å². The van der Waals surface area contributed by atoms with Crippen molar-refractivity contribution >= 4 is 5.78 Å². The third-order valence-electron chi connectivity index (χ3n) is 2.66. The van der Waals surface area contributed by atoms with Gasteiger partial charge in [0.25, 0.3) is 5.78 Å². The van der Waals surface area contributed by atoms with Gasteiger partial charge in [-0.2, -0.15) is 14.6 Å². The average molecular weight is 219 g/mol. The molecule has 0 aromatic carbocycles. The van der Waals surface area contributed by atoms with Crippen molar-refractivity contribution in [2.75, 3.05) is 19.7 Å². The molecule has 1 aliphatic rings. The predicted molar refractivity (Wildman–Crippen MR) is 57.1 cm³/mol. The lowest BCUT2D eigenvalue weighted by Crippen LogP contribution is -2.34. The van der Waals surface area contributed by atoms with Crippen LogP contribution in [0.4, 0.5) is 0 Å². The molecule has 0 radical (unpaired) electrons. The number of hydrogen-bond acceptors (Lipinski definition) is 5. The summed E-state index contributed by atoms with van der Waals surface area (Å²) >= 11 is 0. The maximum absolute atomic E-state index is 5.72. The van der Waals surface area contributed by atoms with Crippen molar-refractivity contribution in [3.05, 3.63) is 23.8 Å². The van der Waals surface area contributed by atoms with Crippen LogP contribution in [0.2, 0.25) is 0 Å². The van der Waals surface area contributed by atoms with Crippen LogP contribution >= 0.6 is 0 Å². The highest BCUT2D eigenvalue weighted by Gasteiger charge is 2.20. The van der Waals surface area contributed by atoms with Crippen LogP contribution < -0.4 is 5.32 Å². The lowest BCUT2D eigenvalue weighted by atomic mass is 10.2. The van der Waals surface area contributed by atoms with Crippen molar-refractivity contribution in [3.8, 4) is 0 Å². The van der Waals surface area contributed by atoms with E-state index in [1.807, 2.05) is 13.0 Å². The van der Waals surface area contributed by atoms with Crippen LogP contribution in [0, 0.1) is 6.92 Å². The number of aromatic nitrogens is 4. The van der Waals surface area contributed by atoms with Gasteiger partial charge in [-0.1, -0.05) is 0 Å². The summed E-state index contributed by atoms with van der Waals surface area (Å²) in [5.74, 6) is 0.629. The van der Waals surface area contributed by atoms with E-state index in [9.17, 15) is 0 Å². The molecule has 2 aromatic heterocycles. The van der Waals surface area contributed by atoms with Crippen LogP contribution in [0.1, 0.15) is 17.5 Å². The van der Waals surface area contributed by atoms with Crippen molar-refractivity contribution in [2.45, 2.75) is 13.0 Å². The standard InChI is InChI=1S/C10H13N5O/c1-7-4-8(9-5-11-2-3-16-9)15-10(14-7)12-6-13-15/h4,6,9,11H,2-3,5H2,1H3. The van der Waals surface area contributed by atoms with Gasteiger partial charge >= 0.3 is 0 Å².